The monoisotopic (exact) mass is 378 g/mol. The van der Waals surface area contributed by atoms with Gasteiger partial charge >= 0.3 is 0 Å². The summed E-state index contributed by atoms with van der Waals surface area (Å²) < 4.78 is 0. The first kappa shape index (κ1) is 18.1. The van der Waals surface area contributed by atoms with E-state index in [1.807, 2.05) is 24.5 Å². The molecule has 1 aromatic heterocycles. The van der Waals surface area contributed by atoms with E-state index in [9.17, 15) is 0 Å². The van der Waals surface area contributed by atoms with Gasteiger partial charge in [0.1, 0.15) is 6.33 Å². The average Bonchev–Trinajstić information content (AvgIpc) is 2.73. The summed E-state index contributed by atoms with van der Waals surface area (Å²) in [6.45, 7) is 5.02. The van der Waals surface area contributed by atoms with Crippen LogP contribution in [0.4, 0.5) is 0 Å². The lowest BCUT2D eigenvalue weighted by Crippen LogP contribution is -2.47. The molecule has 0 bridgehead atoms. The SMILES string of the molecule is Clc1ccc(C(c2ccccc2)N2CCN(Cc3cncnc3)CC2)cc1. The van der Waals surface area contributed by atoms with Crippen molar-refractivity contribution in [3.05, 3.63) is 95.0 Å². The summed E-state index contributed by atoms with van der Waals surface area (Å²) in [5, 5.41) is 0.778. The zero-order chi connectivity index (χ0) is 18.5. The molecule has 0 saturated carbocycles. The number of aromatic nitrogens is 2. The lowest BCUT2D eigenvalue weighted by Gasteiger charge is -2.39. The molecule has 5 heteroatoms. The Hall–Kier alpha value is -2.27. The van der Waals surface area contributed by atoms with Gasteiger partial charge in [0.05, 0.1) is 6.04 Å². The number of piperazine rings is 1. The predicted octanol–water partition coefficient (Wildman–Crippen LogP) is 4.04. The van der Waals surface area contributed by atoms with E-state index in [-0.39, 0.29) is 6.04 Å². The van der Waals surface area contributed by atoms with Crippen LogP contribution in [0.25, 0.3) is 0 Å². The van der Waals surface area contributed by atoms with Crippen LogP contribution in [0.3, 0.4) is 0 Å². The zero-order valence-electron chi connectivity index (χ0n) is 15.2. The topological polar surface area (TPSA) is 32.3 Å². The third-order valence-electron chi connectivity index (χ3n) is 5.09. The normalized spacial score (nSPS) is 16.9. The van der Waals surface area contributed by atoms with Crippen molar-refractivity contribution in [2.45, 2.75) is 12.6 Å². The lowest BCUT2D eigenvalue weighted by atomic mass is 9.96. The van der Waals surface area contributed by atoms with Gasteiger partial charge in [0.2, 0.25) is 0 Å². The molecule has 3 aromatic rings. The Morgan fingerprint density at radius 3 is 2.11 bits per heavy atom. The Labute approximate surface area is 165 Å². The Bertz CT molecular complexity index is 831. The quantitative estimate of drug-likeness (QED) is 0.670. The largest absolute Gasteiger partial charge is 0.296 e. The molecule has 1 aliphatic heterocycles. The molecule has 1 fully saturated rings. The van der Waals surface area contributed by atoms with Crippen LogP contribution < -0.4 is 0 Å². The molecule has 27 heavy (non-hydrogen) atoms. The number of halogens is 1. The maximum absolute atomic E-state index is 6.11. The van der Waals surface area contributed by atoms with Crippen molar-refractivity contribution in [3.63, 3.8) is 0 Å². The summed E-state index contributed by atoms with van der Waals surface area (Å²) in [7, 11) is 0. The molecule has 1 atom stereocenters. The average molecular weight is 379 g/mol. The van der Waals surface area contributed by atoms with Crippen LogP contribution in [-0.2, 0) is 6.54 Å². The van der Waals surface area contributed by atoms with E-state index >= 15 is 0 Å². The van der Waals surface area contributed by atoms with Crippen molar-refractivity contribution >= 4 is 11.6 Å². The van der Waals surface area contributed by atoms with Gasteiger partial charge < -0.3 is 0 Å². The molecule has 2 heterocycles. The number of rotatable bonds is 5. The summed E-state index contributed by atoms with van der Waals surface area (Å²) in [6.07, 6.45) is 5.39. The first-order chi connectivity index (χ1) is 13.3. The minimum absolute atomic E-state index is 0.255. The maximum Gasteiger partial charge on any atom is 0.115 e. The minimum atomic E-state index is 0.255. The Morgan fingerprint density at radius 1 is 0.815 bits per heavy atom. The highest BCUT2D eigenvalue weighted by atomic mass is 35.5. The molecular weight excluding hydrogens is 356 g/mol. The fraction of sp³-hybridized carbons (Fsp3) is 0.273. The predicted molar refractivity (Wildman–Crippen MR) is 109 cm³/mol. The van der Waals surface area contributed by atoms with E-state index < -0.39 is 0 Å². The van der Waals surface area contributed by atoms with E-state index in [0.717, 1.165) is 37.7 Å². The van der Waals surface area contributed by atoms with Gasteiger partial charge in [-0.3, -0.25) is 9.80 Å². The van der Waals surface area contributed by atoms with Crippen LogP contribution in [-0.4, -0.2) is 45.9 Å². The van der Waals surface area contributed by atoms with Crippen LogP contribution in [0, 0.1) is 0 Å². The van der Waals surface area contributed by atoms with Crippen LogP contribution in [0.15, 0.2) is 73.3 Å². The first-order valence-corrected chi connectivity index (χ1v) is 9.68. The van der Waals surface area contributed by atoms with Gasteiger partial charge in [0.15, 0.2) is 0 Å². The highest BCUT2D eigenvalue weighted by molar-refractivity contribution is 6.30. The summed E-state index contributed by atoms with van der Waals surface area (Å²) >= 11 is 6.11. The molecule has 1 saturated heterocycles. The van der Waals surface area contributed by atoms with Gasteiger partial charge in [-0.15, -0.1) is 0 Å². The lowest BCUT2D eigenvalue weighted by molar-refractivity contribution is 0.104. The van der Waals surface area contributed by atoms with E-state index in [2.05, 4.69) is 62.2 Å². The molecule has 0 radical (unpaired) electrons. The van der Waals surface area contributed by atoms with Gasteiger partial charge in [-0.05, 0) is 23.3 Å². The van der Waals surface area contributed by atoms with Crippen molar-refractivity contribution in [1.29, 1.82) is 0 Å². The van der Waals surface area contributed by atoms with Crippen LogP contribution in [0.2, 0.25) is 5.02 Å². The fourth-order valence-corrected chi connectivity index (χ4v) is 3.87. The van der Waals surface area contributed by atoms with E-state index in [1.54, 1.807) is 6.33 Å². The third kappa shape index (κ3) is 4.53. The second kappa shape index (κ2) is 8.61. The molecule has 4 rings (SSSR count). The van der Waals surface area contributed by atoms with Crippen LogP contribution in [0.1, 0.15) is 22.7 Å². The smallest absolute Gasteiger partial charge is 0.115 e. The maximum atomic E-state index is 6.11. The van der Waals surface area contributed by atoms with E-state index in [1.165, 1.54) is 16.7 Å². The van der Waals surface area contributed by atoms with Crippen molar-refractivity contribution < 1.29 is 0 Å². The van der Waals surface area contributed by atoms with Gasteiger partial charge in [-0.25, -0.2) is 9.97 Å². The molecular formula is C22H23ClN4. The van der Waals surface area contributed by atoms with Crippen molar-refractivity contribution in [3.8, 4) is 0 Å². The highest BCUT2D eigenvalue weighted by Gasteiger charge is 2.26. The summed E-state index contributed by atoms with van der Waals surface area (Å²) in [4.78, 5) is 13.3. The summed E-state index contributed by atoms with van der Waals surface area (Å²) in [5.41, 5.74) is 3.78. The Balaban J connectivity index is 1.49. The molecule has 1 aliphatic rings. The standard InChI is InChI=1S/C22H23ClN4/c23-21-8-6-20(7-9-21)22(19-4-2-1-3-5-19)27-12-10-26(11-13-27)16-18-14-24-17-25-15-18/h1-9,14-15,17,22H,10-13,16H2. The number of benzene rings is 2. The Kier molecular flexibility index (Phi) is 5.78. The molecule has 0 amide bonds. The number of hydrogen-bond acceptors (Lipinski definition) is 4. The molecule has 0 aliphatic carbocycles. The van der Waals surface area contributed by atoms with Crippen LogP contribution >= 0.6 is 11.6 Å². The van der Waals surface area contributed by atoms with E-state index in [0.29, 0.717) is 0 Å². The van der Waals surface area contributed by atoms with E-state index in [4.69, 9.17) is 11.6 Å². The second-order valence-electron chi connectivity index (χ2n) is 6.92. The Morgan fingerprint density at radius 2 is 1.44 bits per heavy atom. The second-order valence-corrected chi connectivity index (χ2v) is 7.36. The van der Waals surface area contributed by atoms with Crippen molar-refractivity contribution in [2.75, 3.05) is 26.2 Å². The zero-order valence-corrected chi connectivity index (χ0v) is 16.0. The number of nitrogens with zero attached hydrogens (tertiary/aromatic N) is 4. The van der Waals surface area contributed by atoms with Crippen molar-refractivity contribution in [1.82, 2.24) is 19.8 Å². The molecule has 0 spiro atoms. The molecule has 138 valence electrons. The molecule has 0 N–H and O–H groups in total. The number of hydrogen-bond donors (Lipinski definition) is 0. The minimum Gasteiger partial charge on any atom is -0.296 e. The summed E-state index contributed by atoms with van der Waals surface area (Å²) in [6, 6.07) is 19.2. The fourth-order valence-electron chi connectivity index (χ4n) is 3.74. The highest BCUT2D eigenvalue weighted by Crippen LogP contribution is 2.30. The van der Waals surface area contributed by atoms with Gasteiger partial charge in [-0.1, -0.05) is 54.1 Å². The van der Waals surface area contributed by atoms with Gasteiger partial charge in [0, 0.05) is 55.7 Å². The third-order valence-corrected chi connectivity index (χ3v) is 5.35. The molecule has 2 aromatic carbocycles. The first-order valence-electron chi connectivity index (χ1n) is 9.30. The van der Waals surface area contributed by atoms with Gasteiger partial charge in [-0.2, -0.15) is 0 Å². The molecule has 1 unspecified atom stereocenters. The van der Waals surface area contributed by atoms with Crippen molar-refractivity contribution in [2.24, 2.45) is 0 Å². The van der Waals surface area contributed by atoms with Crippen LogP contribution in [0.5, 0.6) is 0 Å². The van der Waals surface area contributed by atoms with Gasteiger partial charge in [0.25, 0.3) is 0 Å². The molecule has 4 nitrogen and oxygen atoms in total. The summed E-state index contributed by atoms with van der Waals surface area (Å²) in [5.74, 6) is 0.